The Morgan fingerprint density at radius 1 is 1.00 bits per heavy atom. The standard InChI is InChI=1S/C22H26N2O2/c1-22(2,3)17-14-23-20(25)18(17)21(26)24-19(15-10-6-4-7-11-15)16-12-8-5-9-13-16/h4-13,17-19H,14H2,1-3H3,(H,23,25)(H,24,26)/t17-,18-/m0/s1. The smallest absolute Gasteiger partial charge is 0.233 e. The lowest BCUT2D eigenvalue weighted by molar-refractivity contribution is -0.135. The van der Waals surface area contributed by atoms with Crippen LogP contribution in [0.4, 0.5) is 0 Å². The van der Waals surface area contributed by atoms with Gasteiger partial charge in [-0.3, -0.25) is 9.59 Å². The van der Waals surface area contributed by atoms with E-state index in [0.29, 0.717) is 6.54 Å². The third-order valence-electron chi connectivity index (χ3n) is 5.13. The summed E-state index contributed by atoms with van der Waals surface area (Å²) < 4.78 is 0. The number of hydrogen-bond acceptors (Lipinski definition) is 2. The van der Waals surface area contributed by atoms with Crippen molar-refractivity contribution in [2.75, 3.05) is 6.54 Å². The Hall–Kier alpha value is -2.62. The molecule has 2 amide bonds. The minimum Gasteiger partial charge on any atom is -0.355 e. The molecule has 1 aliphatic heterocycles. The zero-order valence-corrected chi connectivity index (χ0v) is 15.5. The maximum absolute atomic E-state index is 13.1. The normalized spacial score (nSPS) is 20.1. The highest BCUT2D eigenvalue weighted by Crippen LogP contribution is 2.36. The first-order valence-electron chi connectivity index (χ1n) is 9.06. The highest BCUT2D eigenvalue weighted by atomic mass is 16.2. The van der Waals surface area contributed by atoms with Crippen LogP contribution in [0.3, 0.4) is 0 Å². The van der Waals surface area contributed by atoms with Crippen LogP contribution in [0.5, 0.6) is 0 Å². The molecule has 0 bridgehead atoms. The summed E-state index contributed by atoms with van der Waals surface area (Å²) in [6.45, 7) is 6.76. The molecule has 3 rings (SSSR count). The molecule has 26 heavy (non-hydrogen) atoms. The van der Waals surface area contributed by atoms with Crippen molar-refractivity contribution in [3.05, 3.63) is 71.8 Å². The van der Waals surface area contributed by atoms with Crippen LogP contribution in [0, 0.1) is 17.3 Å². The van der Waals surface area contributed by atoms with Crippen molar-refractivity contribution in [1.29, 1.82) is 0 Å². The van der Waals surface area contributed by atoms with Crippen LogP contribution < -0.4 is 10.6 Å². The molecule has 1 aliphatic rings. The number of hydrogen-bond donors (Lipinski definition) is 2. The van der Waals surface area contributed by atoms with Gasteiger partial charge >= 0.3 is 0 Å². The fourth-order valence-corrected chi connectivity index (χ4v) is 3.61. The molecule has 1 fully saturated rings. The average Bonchev–Trinajstić information content (AvgIpc) is 3.03. The van der Waals surface area contributed by atoms with Gasteiger partial charge in [0, 0.05) is 12.5 Å². The predicted octanol–water partition coefficient (Wildman–Crippen LogP) is 3.30. The molecule has 0 radical (unpaired) electrons. The maximum atomic E-state index is 13.1. The monoisotopic (exact) mass is 350 g/mol. The summed E-state index contributed by atoms with van der Waals surface area (Å²) in [5, 5.41) is 5.98. The largest absolute Gasteiger partial charge is 0.355 e. The highest BCUT2D eigenvalue weighted by molar-refractivity contribution is 6.02. The van der Waals surface area contributed by atoms with Crippen LogP contribution >= 0.6 is 0 Å². The number of benzene rings is 2. The van der Waals surface area contributed by atoms with Gasteiger partial charge in [0.1, 0.15) is 5.92 Å². The van der Waals surface area contributed by atoms with E-state index in [0.717, 1.165) is 11.1 Å². The molecule has 2 aromatic rings. The van der Waals surface area contributed by atoms with Gasteiger partial charge in [0.25, 0.3) is 0 Å². The Bertz CT molecular complexity index is 726. The summed E-state index contributed by atoms with van der Waals surface area (Å²) >= 11 is 0. The van der Waals surface area contributed by atoms with Crippen molar-refractivity contribution in [2.45, 2.75) is 26.8 Å². The van der Waals surface area contributed by atoms with Crippen LogP contribution in [0.15, 0.2) is 60.7 Å². The van der Waals surface area contributed by atoms with Gasteiger partial charge in [-0.05, 0) is 16.5 Å². The molecule has 136 valence electrons. The van der Waals surface area contributed by atoms with Crippen molar-refractivity contribution in [1.82, 2.24) is 10.6 Å². The SMILES string of the molecule is CC(C)(C)[C@H]1CNC(=O)[C@H]1C(=O)NC(c1ccccc1)c1ccccc1. The second-order valence-electron chi connectivity index (χ2n) is 7.96. The first kappa shape index (κ1) is 18.2. The van der Waals surface area contributed by atoms with Crippen molar-refractivity contribution >= 4 is 11.8 Å². The quantitative estimate of drug-likeness (QED) is 0.831. The van der Waals surface area contributed by atoms with Gasteiger partial charge in [-0.15, -0.1) is 0 Å². The summed E-state index contributed by atoms with van der Waals surface area (Å²) in [6, 6.07) is 19.4. The fourth-order valence-electron chi connectivity index (χ4n) is 3.61. The molecule has 4 heteroatoms. The third kappa shape index (κ3) is 3.79. The average molecular weight is 350 g/mol. The number of carbonyl (C=O) groups is 2. The molecule has 1 heterocycles. The molecule has 0 saturated carbocycles. The zero-order chi connectivity index (χ0) is 18.7. The summed E-state index contributed by atoms with van der Waals surface area (Å²) in [5.74, 6) is -1.08. The molecule has 2 N–H and O–H groups in total. The number of carbonyl (C=O) groups excluding carboxylic acids is 2. The molecule has 0 spiro atoms. The number of rotatable bonds is 4. The number of nitrogens with one attached hydrogen (secondary N) is 2. The third-order valence-corrected chi connectivity index (χ3v) is 5.13. The molecule has 2 atom stereocenters. The molecule has 4 nitrogen and oxygen atoms in total. The number of amides is 2. The second kappa shape index (κ2) is 7.32. The van der Waals surface area contributed by atoms with Crippen LogP contribution in [-0.4, -0.2) is 18.4 Å². The van der Waals surface area contributed by atoms with Crippen LogP contribution in [0.2, 0.25) is 0 Å². The lowest BCUT2D eigenvalue weighted by atomic mass is 9.74. The molecule has 0 aromatic heterocycles. The van der Waals surface area contributed by atoms with Gasteiger partial charge in [-0.1, -0.05) is 81.4 Å². The van der Waals surface area contributed by atoms with Crippen LogP contribution in [0.25, 0.3) is 0 Å². The van der Waals surface area contributed by atoms with Gasteiger partial charge < -0.3 is 10.6 Å². The maximum Gasteiger partial charge on any atom is 0.233 e. The van der Waals surface area contributed by atoms with Crippen molar-refractivity contribution in [3.63, 3.8) is 0 Å². The molecular weight excluding hydrogens is 324 g/mol. The Labute approximate surface area is 155 Å². The van der Waals surface area contributed by atoms with E-state index in [1.54, 1.807) is 0 Å². The lowest BCUT2D eigenvalue weighted by Gasteiger charge is -2.30. The van der Waals surface area contributed by atoms with Crippen LogP contribution in [0.1, 0.15) is 37.9 Å². The summed E-state index contributed by atoms with van der Waals surface area (Å²) in [6.07, 6.45) is 0. The first-order valence-corrected chi connectivity index (χ1v) is 9.06. The molecule has 0 unspecified atom stereocenters. The highest BCUT2D eigenvalue weighted by Gasteiger charge is 2.46. The zero-order valence-electron chi connectivity index (χ0n) is 15.5. The lowest BCUT2D eigenvalue weighted by Crippen LogP contribution is -2.42. The van der Waals surface area contributed by atoms with Gasteiger partial charge in [-0.2, -0.15) is 0 Å². The Kier molecular flexibility index (Phi) is 5.12. The topological polar surface area (TPSA) is 58.2 Å². The van der Waals surface area contributed by atoms with Gasteiger partial charge in [0.15, 0.2) is 0 Å². The van der Waals surface area contributed by atoms with Gasteiger partial charge in [-0.25, -0.2) is 0 Å². The van der Waals surface area contributed by atoms with E-state index < -0.39 is 5.92 Å². The van der Waals surface area contributed by atoms with E-state index >= 15 is 0 Å². The van der Waals surface area contributed by atoms with Crippen LogP contribution in [-0.2, 0) is 9.59 Å². The summed E-state index contributed by atoms with van der Waals surface area (Å²) in [5.41, 5.74) is 1.87. The van der Waals surface area contributed by atoms with E-state index in [-0.39, 0.29) is 29.2 Å². The van der Waals surface area contributed by atoms with E-state index in [9.17, 15) is 9.59 Å². The Morgan fingerprint density at radius 2 is 1.50 bits per heavy atom. The Balaban J connectivity index is 1.89. The van der Waals surface area contributed by atoms with E-state index in [4.69, 9.17) is 0 Å². The van der Waals surface area contributed by atoms with E-state index in [2.05, 4.69) is 31.4 Å². The van der Waals surface area contributed by atoms with Crippen molar-refractivity contribution in [2.24, 2.45) is 17.3 Å². The fraction of sp³-hybridized carbons (Fsp3) is 0.364. The summed E-state index contributed by atoms with van der Waals surface area (Å²) in [7, 11) is 0. The first-order chi connectivity index (χ1) is 12.4. The van der Waals surface area contributed by atoms with Gasteiger partial charge in [0.05, 0.1) is 6.04 Å². The van der Waals surface area contributed by atoms with Crippen molar-refractivity contribution < 1.29 is 9.59 Å². The molecule has 0 aliphatic carbocycles. The van der Waals surface area contributed by atoms with E-state index in [1.165, 1.54) is 0 Å². The van der Waals surface area contributed by atoms with Crippen molar-refractivity contribution in [3.8, 4) is 0 Å². The molecule has 1 saturated heterocycles. The van der Waals surface area contributed by atoms with Gasteiger partial charge in [0.2, 0.25) is 11.8 Å². The second-order valence-corrected chi connectivity index (χ2v) is 7.96. The van der Waals surface area contributed by atoms with E-state index in [1.807, 2.05) is 60.7 Å². The Morgan fingerprint density at radius 3 is 1.96 bits per heavy atom. The minimum atomic E-state index is -0.662. The summed E-state index contributed by atoms with van der Waals surface area (Å²) in [4.78, 5) is 25.5. The predicted molar refractivity (Wildman–Crippen MR) is 102 cm³/mol. The minimum absolute atomic E-state index is 0.0257. The molecule has 2 aromatic carbocycles. The molecular formula is C22H26N2O2.